The van der Waals surface area contributed by atoms with E-state index in [2.05, 4.69) is 6.07 Å². The maximum Gasteiger partial charge on any atom is 0.123 e. The maximum absolute atomic E-state index is 10.6. The molecule has 0 amide bonds. The number of aldehydes is 1. The summed E-state index contributed by atoms with van der Waals surface area (Å²) < 4.78 is 5.82. The summed E-state index contributed by atoms with van der Waals surface area (Å²) in [6.45, 7) is 0. The number of carbonyl (C=O) groups excluding carboxylic acids is 1. The van der Waals surface area contributed by atoms with Gasteiger partial charge >= 0.3 is 0 Å². The molecule has 3 heteroatoms. The predicted octanol–water partition coefficient (Wildman–Crippen LogP) is 2.69. The Morgan fingerprint density at radius 2 is 1.82 bits per heavy atom. The van der Waals surface area contributed by atoms with Crippen LogP contribution >= 0.6 is 0 Å². The van der Waals surface area contributed by atoms with Gasteiger partial charge in [-0.25, -0.2) is 0 Å². The van der Waals surface area contributed by atoms with E-state index in [0.717, 1.165) is 37.7 Å². The van der Waals surface area contributed by atoms with Gasteiger partial charge in [0.2, 0.25) is 0 Å². The van der Waals surface area contributed by atoms with Gasteiger partial charge in [0.1, 0.15) is 12.0 Å². The fourth-order valence-corrected chi connectivity index (χ4v) is 2.14. The molecule has 0 heterocycles. The van der Waals surface area contributed by atoms with Crippen molar-refractivity contribution in [2.45, 2.75) is 31.8 Å². The maximum atomic E-state index is 10.6. The Morgan fingerprint density at radius 1 is 1.18 bits per heavy atom. The lowest BCUT2D eigenvalue weighted by Gasteiger charge is -2.26. The minimum absolute atomic E-state index is 0.208. The number of benzene rings is 1. The molecule has 0 radical (unpaired) electrons. The highest BCUT2D eigenvalue weighted by molar-refractivity contribution is 5.53. The van der Waals surface area contributed by atoms with Crippen molar-refractivity contribution in [3.8, 4) is 11.8 Å². The SMILES string of the molecule is N#Cc1ccc(OC2CCC(C=O)CC2)cc1. The average molecular weight is 229 g/mol. The molecule has 3 nitrogen and oxygen atoms in total. The highest BCUT2D eigenvalue weighted by Gasteiger charge is 2.21. The van der Waals surface area contributed by atoms with Crippen LogP contribution in [-0.4, -0.2) is 12.4 Å². The van der Waals surface area contributed by atoms with Gasteiger partial charge in [0, 0.05) is 5.92 Å². The fraction of sp³-hybridized carbons (Fsp3) is 0.429. The van der Waals surface area contributed by atoms with Gasteiger partial charge in [-0.05, 0) is 49.9 Å². The van der Waals surface area contributed by atoms with Crippen molar-refractivity contribution in [1.82, 2.24) is 0 Å². The summed E-state index contributed by atoms with van der Waals surface area (Å²) in [6, 6.07) is 9.24. The molecule has 0 aliphatic heterocycles. The van der Waals surface area contributed by atoms with E-state index >= 15 is 0 Å². The lowest BCUT2D eigenvalue weighted by atomic mass is 9.88. The van der Waals surface area contributed by atoms with Gasteiger partial charge in [0.25, 0.3) is 0 Å². The molecule has 0 spiro atoms. The van der Waals surface area contributed by atoms with Crippen LogP contribution in [0.4, 0.5) is 0 Å². The number of ether oxygens (including phenoxy) is 1. The number of carbonyl (C=O) groups is 1. The molecule has 17 heavy (non-hydrogen) atoms. The first-order chi connectivity index (χ1) is 8.31. The summed E-state index contributed by atoms with van der Waals surface area (Å²) in [7, 11) is 0. The summed E-state index contributed by atoms with van der Waals surface area (Å²) in [6.07, 6.45) is 4.97. The van der Waals surface area contributed by atoms with E-state index in [4.69, 9.17) is 10.00 Å². The lowest BCUT2D eigenvalue weighted by molar-refractivity contribution is -0.112. The Morgan fingerprint density at radius 3 is 2.35 bits per heavy atom. The first kappa shape index (κ1) is 11.7. The Bertz CT molecular complexity index is 411. The van der Waals surface area contributed by atoms with Gasteiger partial charge < -0.3 is 9.53 Å². The number of rotatable bonds is 3. The first-order valence-corrected chi connectivity index (χ1v) is 5.94. The second-order valence-electron chi connectivity index (χ2n) is 4.43. The summed E-state index contributed by atoms with van der Waals surface area (Å²) in [5.74, 6) is 1.02. The van der Waals surface area contributed by atoms with E-state index in [1.54, 1.807) is 12.1 Å². The molecule has 1 aromatic rings. The Labute approximate surface area is 101 Å². The highest BCUT2D eigenvalue weighted by atomic mass is 16.5. The Hall–Kier alpha value is -1.82. The van der Waals surface area contributed by atoms with Crippen molar-refractivity contribution in [3.05, 3.63) is 29.8 Å². The second-order valence-corrected chi connectivity index (χ2v) is 4.43. The molecule has 1 aromatic carbocycles. The number of hydrogen-bond donors (Lipinski definition) is 0. The van der Waals surface area contributed by atoms with E-state index in [0.29, 0.717) is 5.56 Å². The van der Waals surface area contributed by atoms with Gasteiger partial charge in [0.15, 0.2) is 0 Å². The van der Waals surface area contributed by atoms with Crippen LogP contribution in [-0.2, 0) is 4.79 Å². The summed E-state index contributed by atoms with van der Waals surface area (Å²) in [4.78, 5) is 10.6. The van der Waals surface area contributed by atoms with E-state index in [-0.39, 0.29) is 12.0 Å². The lowest BCUT2D eigenvalue weighted by Crippen LogP contribution is -2.24. The fourth-order valence-electron chi connectivity index (χ4n) is 2.14. The van der Waals surface area contributed by atoms with E-state index in [9.17, 15) is 4.79 Å². The third kappa shape index (κ3) is 3.07. The number of hydrogen-bond acceptors (Lipinski definition) is 3. The monoisotopic (exact) mass is 229 g/mol. The van der Waals surface area contributed by atoms with E-state index in [1.165, 1.54) is 0 Å². The van der Waals surface area contributed by atoms with Crippen LogP contribution in [0.15, 0.2) is 24.3 Å². The van der Waals surface area contributed by atoms with Crippen molar-refractivity contribution in [3.63, 3.8) is 0 Å². The van der Waals surface area contributed by atoms with Crippen molar-refractivity contribution < 1.29 is 9.53 Å². The average Bonchev–Trinajstić information content (AvgIpc) is 2.40. The summed E-state index contributed by atoms with van der Waals surface area (Å²) >= 11 is 0. The van der Waals surface area contributed by atoms with E-state index < -0.39 is 0 Å². The summed E-state index contributed by atoms with van der Waals surface area (Å²) in [5.41, 5.74) is 0.641. The molecular formula is C14H15NO2. The molecule has 88 valence electrons. The smallest absolute Gasteiger partial charge is 0.123 e. The molecule has 0 atom stereocenters. The van der Waals surface area contributed by atoms with Crippen LogP contribution in [0.3, 0.4) is 0 Å². The van der Waals surface area contributed by atoms with Crippen molar-refractivity contribution >= 4 is 6.29 Å². The normalized spacial score (nSPS) is 23.7. The molecular weight excluding hydrogens is 214 g/mol. The van der Waals surface area contributed by atoms with Gasteiger partial charge in [-0.2, -0.15) is 5.26 Å². The molecule has 1 aliphatic carbocycles. The van der Waals surface area contributed by atoms with Crippen LogP contribution in [0.1, 0.15) is 31.2 Å². The Balaban J connectivity index is 1.89. The zero-order valence-corrected chi connectivity index (χ0v) is 9.63. The molecule has 1 saturated carbocycles. The van der Waals surface area contributed by atoms with Crippen LogP contribution in [0.2, 0.25) is 0 Å². The molecule has 1 fully saturated rings. The van der Waals surface area contributed by atoms with Crippen molar-refractivity contribution in [2.24, 2.45) is 5.92 Å². The zero-order chi connectivity index (χ0) is 12.1. The van der Waals surface area contributed by atoms with Crippen LogP contribution in [0.5, 0.6) is 5.75 Å². The molecule has 0 bridgehead atoms. The standard InChI is InChI=1S/C14H15NO2/c15-9-11-1-5-13(6-2-11)17-14-7-3-12(10-16)4-8-14/h1-2,5-6,10,12,14H,3-4,7-8H2. The van der Waals surface area contributed by atoms with Gasteiger partial charge in [-0.3, -0.25) is 0 Å². The Kier molecular flexibility index (Phi) is 3.77. The highest BCUT2D eigenvalue weighted by Crippen LogP contribution is 2.26. The van der Waals surface area contributed by atoms with Gasteiger partial charge in [-0.1, -0.05) is 0 Å². The second kappa shape index (κ2) is 5.49. The third-order valence-corrected chi connectivity index (χ3v) is 3.20. The molecule has 2 rings (SSSR count). The molecule has 0 aromatic heterocycles. The minimum atomic E-state index is 0.208. The van der Waals surface area contributed by atoms with Crippen molar-refractivity contribution in [2.75, 3.05) is 0 Å². The molecule has 0 N–H and O–H groups in total. The van der Waals surface area contributed by atoms with Gasteiger partial charge in [0.05, 0.1) is 17.7 Å². The zero-order valence-electron chi connectivity index (χ0n) is 9.63. The molecule has 1 aliphatic rings. The van der Waals surface area contributed by atoms with Crippen LogP contribution in [0, 0.1) is 17.2 Å². The molecule has 0 saturated heterocycles. The summed E-state index contributed by atoms with van der Waals surface area (Å²) in [5, 5.41) is 8.68. The topological polar surface area (TPSA) is 50.1 Å². The van der Waals surface area contributed by atoms with Gasteiger partial charge in [-0.15, -0.1) is 0 Å². The predicted molar refractivity (Wildman–Crippen MR) is 63.6 cm³/mol. The van der Waals surface area contributed by atoms with E-state index in [1.807, 2.05) is 12.1 Å². The quantitative estimate of drug-likeness (QED) is 0.749. The number of nitrogens with zero attached hydrogens (tertiary/aromatic N) is 1. The minimum Gasteiger partial charge on any atom is -0.490 e. The van der Waals surface area contributed by atoms with Crippen molar-refractivity contribution in [1.29, 1.82) is 5.26 Å². The van der Waals surface area contributed by atoms with Crippen LogP contribution in [0.25, 0.3) is 0 Å². The first-order valence-electron chi connectivity index (χ1n) is 5.94. The number of nitriles is 1. The molecule has 0 unspecified atom stereocenters. The largest absolute Gasteiger partial charge is 0.490 e. The van der Waals surface area contributed by atoms with Crippen LogP contribution < -0.4 is 4.74 Å². The third-order valence-electron chi connectivity index (χ3n) is 3.20.